The number of benzene rings is 2. The van der Waals surface area contributed by atoms with E-state index in [-0.39, 0.29) is 12.4 Å². The molecule has 2 aromatic rings. The number of rotatable bonds is 3. The van der Waals surface area contributed by atoms with Gasteiger partial charge in [-0.2, -0.15) is 0 Å². The highest BCUT2D eigenvalue weighted by Crippen LogP contribution is 2.22. The normalized spacial score (nSPS) is 12.4. The van der Waals surface area contributed by atoms with Crippen molar-refractivity contribution in [1.29, 1.82) is 0 Å². The maximum absolute atomic E-state index is 13.1. The Morgan fingerprint density at radius 3 is 2.35 bits per heavy atom. The highest BCUT2D eigenvalue weighted by Gasteiger charge is 2.05. The number of nitrogens with two attached hydrogens (primary N) is 1. The van der Waals surface area contributed by atoms with Gasteiger partial charge < -0.3 is 10.8 Å². The Balaban J connectivity index is 2.29. The maximum atomic E-state index is 13.1. The first-order valence-corrected chi connectivity index (χ1v) is 5.45. The lowest BCUT2D eigenvalue weighted by Gasteiger charge is -2.09. The summed E-state index contributed by atoms with van der Waals surface area (Å²) < 4.78 is 13.1. The van der Waals surface area contributed by atoms with E-state index >= 15 is 0 Å². The molecule has 0 amide bonds. The predicted molar refractivity (Wildman–Crippen MR) is 65.9 cm³/mol. The van der Waals surface area contributed by atoms with Crippen LogP contribution in [0.4, 0.5) is 4.39 Å². The Kier molecular flexibility index (Phi) is 3.52. The van der Waals surface area contributed by atoms with Gasteiger partial charge in [0.2, 0.25) is 0 Å². The van der Waals surface area contributed by atoms with Crippen molar-refractivity contribution in [3.63, 3.8) is 0 Å². The van der Waals surface area contributed by atoms with Gasteiger partial charge in [0, 0.05) is 6.54 Å². The van der Waals surface area contributed by atoms with Gasteiger partial charge in [0.15, 0.2) is 0 Å². The molecule has 0 saturated heterocycles. The third-order valence-electron chi connectivity index (χ3n) is 2.68. The molecule has 2 rings (SSSR count). The molecule has 1 atom stereocenters. The molecule has 3 N–H and O–H groups in total. The van der Waals surface area contributed by atoms with Crippen LogP contribution in [0, 0.1) is 5.82 Å². The molecule has 1 unspecified atom stereocenters. The number of aliphatic hydroxyl groups is 1. The summed E-state index contributed by atoms with van der Waals surface area (Å²) in [4.78, 5) is 0. The minimum atomic E-state index is -0.642. The molecule has 2 nitrogen and oxygen atoms in total. The Morgan fingerprint density at radius 2 is 1.76 bits per heavy atom. The van der Waals surface area contributed by atoms with E-state index in [1.807, 2.05) is 18.2 Å². The second-order valence-corrected chi connectivity index (χ2v) is 3.88. The predicted octanol–water partition coefficient (Wildman–Crippen LogP) is 2.48. The SMILES string of the molecule is NCC(O)c1ccc(-c2cccc(F)c2)cc1. The van der Waals surface area contributed by atoms with Gasteiger partial charge >= 0.3 is 0 Å². The highest BCUT2D eigenvalue weighted by molar-refractivity contribution is 5.63. The highest BCUT2D eigenvalue weighted by atomic mass is 19.1. The van der Waals surface area contributed by atoms with Crippen LogP contribution in [0.25, 0.3) is 11.1 Å². The second kappa shape index (κ2) is 5.08. The maximum Gasteiger partial charge on any atom is 0.123 e. The van der Waals surface area contributed by atoms with Crippen molar-refractivity contribution in [2.45, 2.75) is 6.10 Å². The van der Waals surface area contributed by atoms with Crippen molar-refractivity contribution in [1.82, 2.24) is 0 Å². The molecule has 3 heteroatoms. The molecule has 0 bridgehead atoms. The van der Waals surface area contributed by atoms with Crippen LogP contribution in [-0.4, -0.2) is 11.7 Å². The van der Waals surface area contributed by atoms with Gasteiger partial charge in [-0.15, -0.1) is 0 Å². The quantitative estimate of drug-likeness (QED) is 0.852. The summed E-state index contributed by atoms with van der Waals surface area (Å²) in [6.07, 6.45) is -0.642. The van der Waals surface area contributed by atoms with Crippen LogP contribution in [0.15, 0.2) is 48.5 Å². The van der Waals surface area contributed by atoms with Gasteiger partial charge in [-0.3, -0.25) is 0 Å². The van der Waals surface area contributed by atoms with Gasteiger partial charge in [0.25, 0.3) is 0 Å². The number of hydrogen-bond donors (Lipinski definition) is 2. The van der Waals surface area contributed by atoms with Crippen molar-refractivity contribution in [2.24, 2.45) is 5.73 Å². The third kappa shape index (κ3) is 2.70. The molecule has 2 aromatic carbocycles. The Hall–Kier alpha value is -1.71. The van der Waals surface area contributed by atoms with E-state index in [2.05, 4.69) is 0 Å². The molecule has 0 aliphatic heterocycles. The lowest BCUT2D eigenvalue weighted by molar-refractivity contribution is 0.187. The first-order chi connectivity index (χ1) is 8.20. The zero-order chi connectivity index (χ0) is 12.3. The van der Waals surface area contributed by atoms with Crippen molar-refractivity contribution in [3.8, 4) is 11.1 Å². The fourth-order valence-corrected chi connectivity index (χ4v) is 1.70. The lowest BCUT2D eigenvalue weighted by Crippen LogP contribution is -2.11. The van der Waals surface area contributed by atoms with Crippen molar-refractivity contribution >= 4 is 0 Å². The van der Waals surface area contributed by atoms with Gasteiger partial charge in [-0.25, -0.2) is 4.39 Å². The summed E-state index contributed by atoms with van der Waals surface area (Å²) >= 11 is 0. The Labute approximate surface area is 99.5 Å². The van der Waals surface area contributed by atoms with E-state index in [9.17, 15) is 9.50 Å². The van der Waals surface area contributed by atoms with Crippen LogP contribution in [-0.2, 0) is 0 Å². The summed E-state index contributed by atoms with van der Waals surface area (Å²) in [7, 11) is 0. The van der Waals surface area contributed by atoms with Crippen LogP contribution in [0.5, 0.6) is 0 Å². The van der Waals surface area contributed by atoms with Crippen molar-refractivity contribution < 1.29 is 9.50 Å². The van der Waals surface area contributed by atoms with Crippen LogP contribution in [0.2, 0.25) is 0 Å². The Bertz CT molecular complexity index is 496. The second-order valence-electron chi connectivity index (χ2n) is 3.88. The molecular weight excluding hydrogens is 217 g/mol. The van der Waals surface area contributed by atoms with Gasteiger partial charge in [-0.05, 0) is 28.8 Å². The average molecular weight is 231 g/mol. The number of hydrogen-bond acceptors (Lipinski definition) is 2. The van der Waals surface area contributed by atoms with E-state index in [0.29, 0.717) is 0 Å². The fraction of sp³-hybridized carbons (Fsp3) is 0.143. The van der Waals surface area contributed by atoms with Gasteiger partial charge in [0.1, 0.15) is 5.82 Å². The summed E-state index contributed by atoms with van der Waals surface area (Å²) in [5.41, 5.74) is 7.88. The topological polar surface area (TPSA) is 46.2 Å². The summed E-state index contributed by atoms with van der Waals surface area (Å²) in [6, 6.07) is 13.7. The largest absolute Gasteiger partial charge is 0.387 e. The molecule has 0 aromatic heterocycles. The molecule has 0 radical (unpaired) electrons. The Morgan fingerprint density at radius 1 is 1.06 bits per heavy atom. The molecule has 0 spiro atoms. The molecular formula is C14H14FNO. The van der Waals surface area contributed by atoms with Gasteiger partial charge in [-0.1, -0.05) is 36.4 Å². The molecule has 0 fully saturated rings. The number of halogens is 1. The minimum absolute atomic E-state index is 0.194. The first kappa shape index (κ1) is 11.8. The van der Waals surface area contributed by atoms with Crippen LogP contribution >= 0.6 is 0 Å². The molecule has 0 aliphatic rings. The standard InChI is InChI=1S/C14H14FNO/c15-13-3-1-2-12(8-13)10-4-6-11(7-5-10)14(17)9-16/h1-8,14,17H,9,16H2. The smallest absolute Gasteiger partial charge is 0.123 e. The van der Waals surface area contributed by atoms with E-state index in [4.69, 9.17) is 5.73 Å². The lowest BCUT2D eigenvalue weighted by atomic mass is 10.0. The average Bonchev–Trinajstić information content (AvgIpc) is 2.38. The third-order valence-corrected chi connectivity index (χ3v) is 2.68. The molecule has 0 heterocycles. The van der Waals surface area contributed by atoms with Crippen molar-refractivity contribution in [3.05, 3.63) is 59.9 Å². The molecule has 0 saturated carbocycles. The monoisotopic (exact) mass is 231 g/mol. The van der Waals surface area contributed by atoms with E-state index < -0.39 is 6.10 Å². The summed E-state index contributed by atoms with van der Waals surface area (Å²) in [5, 5.41) is 9.55. The summed E-state index contributed by atoms with van der Waals surface area (Å²) in [6.45, 7) is 0.194. The van der Waals surface area contributed by atoms with Crippen LogP contribution in [0.3, 0.4) is 0 Å². The van der Waals surface area contributed by atoms with Crippen LogP contribution in [0.1, 0.15) is 11.7 Å². The zero-order valence-corrected chi connectivity index (χ0v) is 9.31. The first-order valence-electron chi connectivity index (χ1n) is 5.45. The van der Waals surface area contributed by atoms with E-state index in [1.165, 1.54) is 12.1 Å². The zero-order valence-electron chi connectivity index (χ0n) is 9.31. The molecule has 0 aliphatic carbocycles. The van der Waals surface area contributed by atoms with E-state index in [1.54, 1.807) is 18.2 Å². The fourth-order valence-electron chi connectivity index (χ4n) is 1.70. The van der Waals surface area contributed by atoms with Crippen LogP contribution < -0.4 is 5.73 Å². The van der Waals surface area contributed by atoms with Crippen molar-refractivity contribution in [2.75, 3.05) is 6.54 Å². The van der Waals surface area contributed by atoms with E-state index in [0.717, 1.165) is 16.7 Å². The molecule has 88 valence electrons. The van der Waals surface area contributed by atoms with Gasteiger partial charge in [0.05, 0.1) is 6.10 Å². The number of aliphatic hydroxyl groups excluding tert-OH is 1. The minimum Gasteiger partial charge on any atom is -0.387 e. The summed E-state index contributed by atoms with van der Waals surface area (Å²) in [5.74, 6) is -0.256. The molecule has 17 heavy (non-hydrogen) atoms.